The predicted octanol–water partition coefficient (Wildman–Crippen LogP) is 4.62. The van der Waals surface area contributed by atoms with Crippen molar-refractivity contribution >= 4 is 17.5 Å². The van der Waals surface area contributed by atoms with Crippen LogP contribution >= 0.6 is 0 Å². The van der Waals surface area contributed by atoms with Crippen LogP contribution in [0.4, 0.5) is 11.6 Å². The van der Waals surface area contributed by atoms with Crippen LogP contribution < -0.4 is 5.32 Å². The first kappa shape index (κ1) is 19.5. The smallest absolute Gasteiger partial charge is 0.257 e. The Kier molecular flexibility index (Phi) is 6.68. The van der Waals surface area contributed by atoms with Crippen LogP contribution in [0.2, 0.25) is 0 Å². The van der Waals surface area contributed by atoms with E-state index >= 15 is 0 Å². The van der Waals surface area contributed by atoms with Crippen molar-refractivity contribution in [1.29, 1.82) is 0 Å². The van der Waals surface area contributed by atoms with Gasteiger partial charge in [-0.1, -0.05) is 44.0 Å². The minimum atomic E-state index is -0.101. The summed E-state index contributed by atoms with van der Waals surface area (Å²) in [5.74, 6) is 0.358. The summed E-state index contributed by atoms with van der Waals surface area (Å²) in [6.07, 6.45) is 9.70. The maximum atomic E-state index is 13.0. The first-order valence-corrected chi connectivity index (χ1v) is 9.50. The molecule has 0 bridgehead atoms. The summed E-state index contributed by atoms with van der Waals surface area (Å²) in [6, 6.07) is 13.6. The Labute approximate surface area is 165 Å². The highest BCUT2D eigenvalue weighted by Gasteiger charge is 2.23. The summed E-state index contributed by atoms with van der Waals surface area (Å²) in [4.78, 5) is 27.5. The van der Waals surface area contributed by atoms with E-state index < -0.39 is 0 Å². The van der Waals surface area contributed by atoms with Crippen LogP contribution in [0.3, 0.4) is 0 Å². The lowest BCUT2D eigenvalue weighted by atomic mass is 10.0. The number of benzene rings is 1. The standard InChI is InChI=1S/C22H25N5O/c1-3-4-12-20(17-9-8-13-23-14-17)27(2)21(28)18-15-24-22(25-16-18)26-19-10-6-5-7-11-19/h5-11,13-16,20H,3-4,12H2,1-2H3,(H,24,25,26). The second-order valence-corrected chi connectivity index (χ2v) is 6.65. The molecular weight excluding hydrogens is 350 g/mol. The molecule has 144 valence electrons. The molecule has 1 atom stereocenters. The molecule has 0 aliphatic carbocycles. The van der Waals surface area contributed by atoms with Crippen LogP contribution in [0, 0.1) is 0 Å². The van der Waals surface area contributed by atoms with Crippen molar-refractivity contribution < 1.29 is 4.79 Å². The normalized spacial score (nSPS) is 11.6. The average Bonchev–Trinajstić information content (AvgIpc) is 2.75. The fourth-order valence-corrected chi connectivity index (χ4v) is 3.05. The largest absolute Gasteiger partial charge is 0.335 e. The monoisotopic (exact) mass is 375 g/mol. The van der Waals surface area contributed by atoms with E-state index in [2.05, 4.69) is 27.2 Å². The number of rotatable bonds is 8. The van der Waals surface area contributed by atoms with E-state index in [0.717, 1.165) is 30.5 Å². The fraction of sp³-hybridized carbons (Fsp3) is 0.273. The molecule has 0 spiro atoms. The van der Waals surface area contributed by atoms with Gasteiger partial charge in [-0.15, -0.1) is 0 Å². The van der Waals surface area contributed by atoms with E-state index in [0.29, 0.717) is 11.5 Å². The van der Waals surface area contributed by atoms with Crippen molar-refractivity contribution in [3.8, 4) is 0 Å². The van der Waals surface area contributed by atoms with Gasteiger partial charge >= 0.3 is 0 Å². The van der Waals surface area contributed by atoms with Crippen LogP contribution in [-0.2, 0) is 0 Å². The Morgan fingerprint density at radius 2 is 1.82 bits per heavy atom. The van der Waals surface area contributed by atoms with Crippen molar-refractivity contribution in [2.75, 3.05) is 12.4 Å². The van der Waals surface area contributed by atoms with E-state index in [1.165, 1.54) is 0 Å². The topological polar surface area (TPSA) is 71.0 Å². The molecule has 6 nitrogen and oxygen atoms in total. The van der Waals surface area contributed by atoms with Gasteiger partial charge in [-0.3, -0.25) is 9.78 Å². The zero-order chi connectivity index (χ0) is 19.8. The zero-order valence-electron chi connectivity index (χ0n) is 16.2. The SMILES string of the molecule is CCCCC(c1cccnc1)N(C)C(=O)c1cnc(Nc2ccccc2)nc1. The van der Waals surface area contributed by atoms with Crippen molar-refractivity contribution in [3.63, 3.8) is 0 Å². The number of amides is 1. The highest BCUT2D eigenvalue weighted by atomic mass is 16.2. The van der Waals surface area contributed by atoms with Crippen molar-refractivity contribution in [1.82, 2.24) is 19.9 Å². The lowest BCUT2D eigenvalue weighted by molar-refractivity contribution is 0.0719. The third-order valence-electron chi connectivity index (χ3n) is 4.62. The predicted molar refractivity (Wildman–Crippen MR) is 110 cm³/mol. The lowest BCUT2D eigenvalue weighted by Gasteiger charge is -2.28. The number of pyridine rings is 1. The summed E-state index contributed by atoms with van der Waals surface area (Å²) >= 11 is 0. The molecule has 0 radical (unpaired) electrons. The first-order valence-electron chi connectivity index (χ1n) is 9.50. The molecule has 3 rings (SSSR count). The minimum absolute atomic E-state index is 0.0247. The maximum Gasteiger partial charge on any atom is 0.257 e. The van der Waals surface area contributed by atoms with Gasteiger partial charge < -0.3 is 10.2 Å². The molecule has 6 heteroatoms. The van der Waals surface area contributed by atoms with E-state index in [1.807, 2.05) is 55.7 Å². The highest BCUT2D eigenvalue weighted by Crippen LogP contribution is 2.26. The molecule has 0 saturated heterocycles. The Balaban J connectivity index is 1.73. The van der Waals surface area contributed by atoms with Gasteiger partial charge in [-0.05, 0) is 30.2 Å². The van der Waals surface area contributed by atoms with Gasteiger partial charge in [0.05, 0.1) is 11.6 Å². The van der Waals surface area contributed by atoms with E-state index in [-0.39, 0.29) is 11.9 Å². The number of anilines is 2. The Morgan fingerprint density at radius 1 is 1.07 bits per heavy atom. The van der Waals surface area contributed by atoms with Crippen LogP contribution in [0.25, 0.3) is 0 Å². The Hall–Kier alpha value is -3.28. The van der Waals surface area contributed by atoms with Crippen molar-refractivity contribution in [3.05, 3.63) is 78.4 Å². The van der Waals surface area contributed by atoms with Crippen LogP contribution in [0.1, 0.15) is 48.1 Å². The van der Waals surface area contributed by atoms with Crippen LogP contribution in [0.5, 0.6) is 0 Å². The summed E-state index contributed by atoms with van der Waals surface area (Å²) in [7, 11) is 1.83. The lowest BCUT2D eigenvalue weighted by Crippen LogP contribution is -2.31. The zero-order valence-corrected chi connectivity index (χ0v) is 16.2. The molecule has 1 unspecified atom stereocenters. The van der Waals surface area contributed by atoms with Crippen LogP contribution in [0.15, 0.2) is 67.3 Å². The third-order valence-corrected chi connectivity index (χ3v) is 4.62. The number of hydrogen-bond donors (Lipinski definition) is 1. The third kappa shape index (κ3) is 4.91. The average molecular weight is 375 g/mol. The first-order chi connectivity index (χ1) is 13.7. The number of nitrogens with zero attached hydrogens (tertiary/aromatic N) is 4. The second kappa shape index (κ2) is 9.60. The quantitative estimate of drug-likeness (QED) is 0.622. The number of unbranched alkanes of at least 4 members (excludes halogenated alkanes) is 1. The molecule has 1 N–H and O–H groups in total. The molecule has 3 aromatic rings. The number of nitrogens with one attached hydrogen (secondary N) is 1. The summed E-state index contributed by atoms with van der Waals surface area (Å²) in [5, 5.41) is 3.12. The highest BCUT2D eigenvalue weighted by molar-refractivity contribution is 5.93. The van der Waals surface area contributed by atoms with Gasteiger partial charge in [-0.25, -0.2) is 9.97 Å². The second-order valence-electron chi connectivity index (χ2n) is 6.65. The van der Waals surface area contributed by atoms with Gasteiger partial charge in [0.1, 0.15) is 0 Å². The van der Waals surface area contributed by atoms with Gasteiger partial charge in [0.15, 0.2) is 0 Å². The van der Waals surface area contributed by atoms with Gasteiger partial charge in [-0.2, -0.15) is 0 Å². The molecule has 1 aromatic carbocycles. The molecule has 0 fully saturated rings. The Morgan fingerprint density at radius 3 is 2.46 bits per heavy atom. The molecular formula is C22H25N5O. The molecule has 2 heterocycles. The summed E-state index contributed by atoms with van der Waals surface area (Å²) in [5.41, 5.74) is 2.40. The fourth-order valence-electron chi connectivity index (χ4n) is 3.05. The molecule has 0 saturated carbocycles. The molecule has 2 aromatic heterocycles. The molecule has 0 aliphatic rings. The minimum Gasteiger partial charge on any atom is -0.335 e. The van der Waals surface area contributed by atoms with E-state index in [1.54, 1.807) is 23.5 Å². The maximum absolute atomic E-state index is 13.0. The number of aromatic nitrogens is 3. The summed E-state index contributed by atoms with van der Waals surface area (Å²) < 4.78 is 0. The summed E-state index contributed by atoms with van der Waals surface area (Å²) in [6.45, 7) is 2.15. The number of carbonyl (C=O) groups excluding carboxylic acids is 1. The van der Waals surface area contributed by atoms with E-state index in [9.17, 15) is 4.79 Å². The molecule has 0 aliphatic heterocycles. The van der Waals surface area contributed by atoms with E-state index in [4.69, 9.17) is 0 Å². The van der Waals surface area contributed by atoms with Crippen molar-refractivity contribution in [2.45, 2.75) is 32.2 Å². The number of hydrogen-bond acceptors (Lipinski definition) is 5. The van der Waals surface area contributed by atoms with Crippen molar-refractivity contribution in [2.24, 2.45) is 0 Å². The van der Waals surface area contributed by atoms with Gasteiger partial charge in [0, 0.05) is 37.5 Å². The Bertz CT molecular complexity index is 868. The van der Waals surface area contributed by atoms with Gasteiger partial charge in [0.25, 0.3) is 5.91 Å². The van der Waals surface area contributed by atoms with Gasteiger partial charge in [0.2, 0.25) is 5.95 Å². The molecule has 1 amide bonds. The van der Waals surface area contributed by atoms with Crippen LogP contribution in [-0.4, -0.2) is 32.8 Å². The molecule has 28 heavy (non-hydrogen) atoms. The number of para-hydroxylation sites is 1. The number of carbonyl (C=O) groups is 1.